The molecular weight excluding hydrogens is 488 g/mol. The SMILES string of the molecule is CC[C@@H](CC(=O)O)c1cc(F)cc(OCc2ccc(-c3cc(OC)ncc3F)c([C@@H]3CCCC3(C)C)c2)c1. The Kier molecular flexibility index (Phi) is 8.34. The molecule has 202 valence electrons. The zero-order valence-electron chi connectivity index (χ0n) is 22.4. The smallest absolute Gasteiger partial charge is 0.303 e. The predicted molar refractivity (Wildman–Crippen MR) is 143 cm³/mol. The minimum atomic E-state index is -0.922. The zero-order valence-corrected chi connectivity index (χ0v) is 22.4. The number of hydrogen-bond acceptors (Lipinski definition) is 4. The van der Waals surface area contributed by atoms with Crippen LogP contribution in [0, 0.1) is 17.0 Å². The van der Waals surface area contributed by atoms with Crippen molar-refractivity contribution in [2.45, 2.75) is 71.3 Å². The third kappa shape index (κ3) is 6.14. The Labute approximate surface area is 222 Å². The Bertz CT molecular complexity index is 1310. The molecule has 4 rings (SSSR count). The van der Waals surface area contributed by atoms with Crippen molar-refractivity contribution in [2.24, 2.45) is 5.41 Å². The molecule has 2 aromatic carbocycles. The fraction of sp³-hybridized carbons (Fsp3) is 0.419. The Morgan fingerprint density at radius 1 is 1.16 bits per heavy atom. The van der Waals surface area contributed by atoms with Crippen molar-refractivity contribution in [3.63, 3.8) is 0 Å². The first-order chi connectivity index (χ1) is 18.1. The van der Waals surface area contributed by atoms with Crippen LogP contribution < -0.4 is 9.47 Å². The molecule has 1 fully saturated rings. The number of rotatable bonds is 10. The van der Waals surface area contributed by atoms with Gasteiger partial charge in [0, 0.05) is 17.7 Å². The summed E-state index contributed by atoms with van der Waals surface area (Å²) in [5, 5.41) is 9.21. The van der Waals surface area contributed by atoms with Crippen LogP contribution in [0.1, 0.15) is 81.4 Å². The fourth-order valence-electron chi connectivity index (χ4n) is 5.66. The molecule has 0 spiro atoms. The van der Waals surface area contributed by atoms with Crippen LogP contribution in [0.2, 0.25) is 0 Å². The summed E-state index contributed by atoms with van der Waals surface area (Å²) in [7, 11) is 1.51. The lowest BCUT2D eigenvalue weighted by Gasteiger charge is -2.30. The van der Waals surface area contributed by atoms with Crippen molar-refractivity contribution < 1.29 is 28.2 Å². The minimum Gasteiger partial charge on any atom is -0.489 e. The van der Waals surface area contributed by atoms with E-state index < -0.39 is 17.6 Å². The monoisotopic (exact) mass is 523 g/mol. The third-order valence-corrected chi connectivity index (χ3v) is 7.76. The van der Waals surface area contributed by atoms with E-state index in [1.807, 2.05) is 19.1 Å². The van der Waals surface area contributed by atoms with E-state index in [0.717, 1.165) is 36.0 Å². The maximum absolute atomic E-state index is 15.0. The van der Waals surface area contributed by atoms with Crippen LogP contribution in [0.5, 0.6) is 11.6 Å². The Balaban J connectivity index is 1.66. The van der Waals surface area contributed by atoms with E-state index in [-0.39, 0.29) is 30.3 Å². The number of carboxylic acid groups (broad SMARTS) is 1. The van der Waals surface area contributed by atoms with Crippen LogP contribution in [0.15, 0.2) is 48.7 Å². The Morgan fingerprint density at radius 3 is 2.61 bits per heavy atom. The van der Waals surface area contributed by atoms with Crippen LogP contribution in [0.3, 0.4) is 0 Å². The second-order valence-electron chi connectivity index (χ2n) is 10.8. The van der Waals surface area contributed by atoms with Gasteiger partial charge in [-0.2, -0.15) is 0 Å². The van der Waals surface area contributed by atoms with Gasteiger partial charge in [0.25, 0.3) is 0 Å². The van der Waals surface area contributed by atoms with Gasteiger partial charge in [-0.05, 0) is 70.9 Å². The van der Waals surface area contributed by atoms with Crippen molar-refractivity contribution in [3.8, 4) is 22.8 Å². The molecule has 0 unspecified atom stereocenters. The minimum absolute atomic E-state index is 0.0542. The summed E-state index contributed by atoms with van der Waals surface area (Å²) in [6, 6.07) is 11.9. The van der Waals surface area contributed by atoms with Gasteiger partial charge in [0.2, 0.25) is 5.88 Å². The summed E-state index contributed by atoms with van der Waals surface area (Å²) < 4.78 is 40.6. The van der Waals surface area contributed by atoms with Gasteiger partial charge in [0.15, 0.2) is 0 Å². The summed E-state index contributed by atoms with van der Waals surface area (Å²) in [5.41, 5.74) is 3.85. The van der Waals surface area contributed by atoms with Crippen LogP contribution in [0.25, 0.3) is 11.1 Å². The molecule has 3 aromatic rings. The van der Waals surface area contributed by atoms with Gasteiger partial charge in [-0.15, -0.1) is 0 Å². The largest absolute Gasteiger partial charge is 0.489 e. The van der Waals surface area contributed by atoms with Crippen molar-refractivity contribution >= 4 is 5.97 Å². The number of carbonyl (C=O) groups is 1. The summed E-state index contributed by atoms with van der Waals surface area (Å²) in [6.45, 7) is 6.57. The molecule has 38 heavy (non-hydrogen) atoms. The average Bonchev–Trinajstić information content (AvgIpc) is 3.24. The van der Waals surface area contributed by atoms with Crippen LogP contribution in [0.4, 0.5) is 8.78 Å². The molecule has 1 aromatic heterocycles. The molecule has 0 bridgehead atoms. The standard InChI is InChI=1S/C31H35F2NO4/c1-5-20(14-30(35)36)21-12-22(32)15-23(13-21)38-18-19-8-9-24(26-16-29(37-4)34-17-28(26)33)25(11-19)27-7-6-10-31(27,2)3/h8-9,11-13,15-17,20,27H,5-7,10,14,18H2,1-4H3,(H,35,36)/t20-,27-/m0/s1. The highest BCUT2D eigenvalue weighted by atomic mass is 19.1. The lowest BCUT2D eigenvalue weighted by molar-refractivity contribution is -0.137. The highest BCUT2D eigenvalue weighted by molar-refractivity contribution is 5.70. The lowest BCUT2D eigenvalue weighted by Crippen LogP contribution is -2.17. The number of nitrogens with zero attached hydrogens (tertiary/aromatic N) is 1. The molecule has 1 heterocycles. The second kappa shape index (κ2) is 11.5. The highest BCUT2D eigenvalue weighted by Gasteiger charge is 2.37. The maximum Gasteiger partial charge on any atom is 0.303 e. The number of carboxylic acids is 1. The first-order valence-electron chi connectivity index (χ1n) is 13.1. The number of aliphatic carboxylic acids is 1. The average molecular weight is 524 g/mol. The molecule has 1 N–H and O–H groups in total. The lowest BCUT2D eigenvalue weighted by atomic mass is 9.75. The van der Waals surface area contributed by atoms with E-state index in [4.69, 9.17) is 9.47 Å². The zero-order chi connectivity index (χ0) is 27.4. The van der Waals surface area contributed by atoms with Gasteiger partial charge >= 0.3 is 5.97 Å². The molecule has 0 aliphatic heterocycles. The number of pyridine rings is 1. The van der Waals surface area contributed by atoms with Crippen LogP contribution >= 0.6 is 0 Å². The predicted octanol–water partition coefficient (Wildman–Crippen LogP) is 7.88. The topological polar surface area (TPSA) is 68.7 Å². The Hall–Kier alpha value is -3.48. The quantitative estimate of drug-likeness (QED) is 0.293. The van der Waals surface area contributed by atoms with E-state index in [2.05, 4.69) is 24.9 Å². The number of hydrogen-bond donors (Lipinski definition) is 1. The van der Waals surface area contributed by atoms with E-state index in [1.54, 1.807) is 12.1 Å². The third-order valence-electron chi connectivity index (χ3n) is 7.76. The second-order valence-corrected chi connectivity index (χ2v) is 10.8. The van der Waals surface area contributed by atoms with Crippen molar-refractivity contribution in [2.75, 3.05) is 7.11 Å². The van der Waals surface area contributed by atoms with Crippen LogP contribution in [-0.2, 0) is 11.4 Å². The van der Waals surface area contributed by atoms with Gasteiger partial charge in [-0.3, -0.25) is 4.79 Å². The number of aromatic nitrogens is 1. The molecule has 2 atom stereocenters. The molecule has 0 saturated heterocycles. The Morgan fingerprint density at radius 2 is 1.95 bits per heavy atom. The molecule has 0 radical (unpaired) electrons. The van der Waals surface area contributed by atoms with E-state index in [9.17, 15) is 18.7 Å². The van der Waals surface area contributed by atoms with E-state index in [1.165, 1.54) is 25.4 Å². The summed E-state index contributed by atoms with van der Waals surface area (Å²) >= 11 is 0. The van der Waals surface area contributed by atoms with Gasteiger partial charge in [0.05, 0.1) is 19.7 Å². The first-order valence-corrected chi connectivity index (χ1v) is 13.1. The molecule has 0 amide bonds. The number of ether oxygens (including phenoxy) is 2. The normalized spacial score (nSPS) is 17.3. The van der Waals surface area contributed by atoms with Crippen LogP contribution in [-0.4, -0.2) is 23.2 Å². The van der Waals surface area contributed by atoms with Gasteiger partial charge in [-0.25, -0.2) is 13.8 Å². The molecule has 1 saturated carbocycles. The maximum atomic E-state index is 15.0. The van der Waals surface area contributed by atoms with E-state index in [0.29, 0.717) is 29.2 Å². The number of halogens is 2. The fourth-order valence-corrected chi connectivity index (χ4v) is 5.66. The number of benzene rings is 2. The molecule has 1 aliphatic carbocycles. The van der Waals surface area contributed by atoms with Gasteiger partial charge < -0.3 is 14.6 Å². The van der Waals surface area contributed by atoms with Crippen molar-refractivity contribution in [1.29, 1.82) is 0 Å². The molecule has 7 heteroatoms. The summed E-state index contributed by atoms with van der Waals surface area (Å²) in [5.74, 6) is -1.17. The van der Waals surface area contributed by atoms with Crippen molar-refractivity contribution in [1.82, 2.24) is 4.98 Å². The van der Waals surface area contributed by atoms with E-state index >= 15 is 0 Å². The van der Waals surface area contributed by atoms with Gasteiger partial charge in [0.1, 0.15) is 24.0 Å². The molecule has 1 aliphatic rings. The first kappa shape index (κ1) is 27.6. The summed E-state index contributed by atoms with van der Waals surface area (Å²) in [6.07, 6.45) is 4.88. The highest BCUT2D eigenvalue weighted by Crippen LogP contribution is 2.51. The molecular formula is C31H35F2NO4. The number of methoxy groups -OCH3 is 1. The summed E-state index contributed by atoms with van der Waals surface area (Å²) in [4.78, 5) is 15.2. The van der Waals surface area contributed by atoms with Crippen molar-refractivity contribution in [3.05, 3.63) is 77.0 Å². The van der Waals surface area contributed by atoms with Gasteiger partial charge in [-0.1, -0.05) is 45.4 Å². The molecule has 5 nitrogen and oxygen atoms in total.